The van der Waals surface area contributed by atoms with Gasteiger partial charge in [-0.15, -0.1) is 0 Å². The first kappa shape index (κ1) is 27.8. The van der Waals surface area contributed by atoms with E-state index in [9.17, 15) is 23.1 Å². The van der Waals surface area contributed by atoms with E-state index >= 15 is 0 Å². The van der Waals surface area contributed by atoms with Crippen LogP contribution >= 0.6 is 0 Å². The number of pyridine rings is 1. The molecule has 0 bridgehead atoms. The number of aliphatic hydroxyl groups excluding tert-OH is 1. The zero-order valence-corrected chi connectivity index (χ0v) is 22.9. The average Bonchev–Trinajstić information content (AvgIpc) is 3.38. The van der Waals surface area contributed by atoms with Crippen LogP contribution in [0.25, 0.3) is 5.65 Å². The van der Waals surface area contributed by atoms with Gasteiger partial charge in [-0.2, -0.15) is 18.3 Å². The van der Waals surface area contributed by atoms with Crippen molar-refractivity contribution < 1.29 is 27.8 Å². The zero-order chi connectivity index (χ0) is 29.4. The van der Waals surface area contributed by atoms with Gasteiger partial charge in [0.25, 0.3) is 5.91 Å². The van der Waals surface area contributed by atoms with Crippen LogP contribution in [-0.4, -0.2) is 69.5 Å². The number of aromatic nitrogens is 4. The van der Waals surface area contributed by atoms with Crippen molar-refractivity contribution in [1.82, 2.24) is 19.6 Å². The van der Waals surface area contributed by atoms with E-state index in [1.165, 1.54) is 6.20 Å². The monoisotopic (exact) mass is 581 g/mol. The largest absolute Gasteiger partial charge is 0.486 e. The van der Waals surface area contributed by atoms with E-state index in [4.69, 9.17) is 9.72 Å². The molecule has 2 N–H and O–H groups in total. The number of anilines is 3. The van der Waals surface area contributed by atoms with Crippen molar-refractivity contribution in [1.29, 1.82) is 0 Å². The number of rotatable bonds is 7. The minimum atomic E-state index is -4.56. The number of aryl methyl sites for hydroxylation is 1. The molecule has 2 saturated heterocycles. The lowest BCUT2D eigenvalue weighted by Crippen LogP contribution is -2.54. The second-order valence-corrected chi connectivity index (χ2v) is 10.7. The molecule has 220 valence electrons. The van der Waals surface area contributed by atoms with Crippen LogP contribution in [-0.2, 0) is 6.18 Å². The van der Waals surface area contributed by atoms with E-state index in [-0.39, 0.29) is 24.0 Å². The predicted molar refractivity (Wildman–Crippen MR) is 150 cm³/mol. The average molecular weight is 582 g/mol. The van der Waals surface area contributed by atoms with Crippen LogP contribution in [0.3, 0.4) is 0 Å². The molecular formula is C29H30F3N7O3. The van der Waals surface area contributed by atoms with E-state index in [1.807, 2.05) is 19.2 Å². The molecule has 0 radical (unpaired) electrons. The first-order valence-electron chi connectivity index (χ1n) is 13.7. The molecule has 0 spiro atoms. The van der Waals surface area contributed by atoms with Crippen LogP contribution in [0.4, 0.5) is 30.4 Å². The molecule has 6 rings (SSSR count). The van der Waals surface area contributed by atoms with Crippen molar-refractivity contribution in [2.45, 2.75) is 32.0 Å². The number of nitrogens with zero attached hydrogens (tertiary/aromatic N) is 6. The van der Waals surface area contributed by atoms with Gasteiger partial charge < -0.3 is 25.0 Å². The normalized spacial score (nSPS) is 16.5. The van der Waals surface area contributed by atoms with E-state index in [1.54, 1.807) is 28.9 Å². The number of ether oxygens (including phenoxy) is 1. The highest BCUT2D eigenvalue weighted by atomic mass is 19.4. The van der Waals surface area contributed by atoms with Crippen molar-refractivity contribution in [2.24, 2.45) is 5.92 Å². The molecule has 0 atom stereocenters. The van der Waals surface area contributed by atoms with Gasteiger partial charge in [0.2, 0.25) is 0 Å². The number of aliphatic hydroxyl groups is 1. The maximum atomic E-state index is 13.0. The van der Waals surface area contributed by atoms with Gasteiger partial charge in [-0.05, 0) is 55.5 Å². The summed E-state index contributed by atoms with van der Waals surface area (Å²) in [4.78, 5) is 25.6. The van der Waals surface area contributed by atoms with Crippen LogP contribution in [0.5, 0.6) is 5.75 Å². The fourth-order valence-corrected chi connectivity index (χ4v) is 5.21. The SMILES string of the molecule is Cc1ccc(C(=O)Nc2cncc(C(F)(F)F)c2)cc1OC1CN(c2cnn3ccc(N4CCC(CO)CC4)nc23)C1. The van der Waals surface area contributed by atoms with Gasteiger partial charge in [0, 0.05) is 37.7 Å². The smallest absolute Gasteiger partial charge is 0.417 e. The predicted octanol–water partition coefficient (Wildman–Crippen LogP) is 4.18. The summed E-state index contributed by atoms with van der Waals surface area (Å²) in [6.07, 6.45) is 2.75. The number of hydrogen-bond donors (Lipinski definition) is 2. The Labute approximate surface area is 239 Å². The van der Waals surface area contributed by atoms with E-state index in [0.717, 1.165) is 54.7 Å². The molecule has 3 aromatic heterocycles. The Morgan fingerprint density at radius 2 is 1.88 bits per heavy atom. The van der Waals surface area contributed by atoms with Crippen LogP contribution in [0.15, 0.2) is 55.1 Å². The van der Waals surface area contributed by atoms with Gasteiger partial charge in [-0.25, -0.2) is 9.50 Å². The Kier molecular flexibility index (Phi) is 7.35. The Bertz CT molecular complexity index is 1600. The van der Waals surface area contributed by atoms with E-state index < -0.39 is 17.6 Å². The number of fused-ring (bicyclic) bond motifs is 1. The number of nitrogens with one attached hydrogen (secondary N) is 1. The van der Waals surface area contributed by atoms with Crippen molar-refractivity contribution in [3.63, 3.8) is 0 Å². The molecule has 0 saturated carbocycles. The molecule has 10 nitrogen and oxygen atoms in total. The summed E-state index contributed by atoms with van der Waals surface area (Å²) < 4.78 is 47.0. The number of piperidine rings is 1. The summed E-state index contributed by atoms with van der Waals surface area (Å²) in [6.45, 7) is 4.99. The van der Waals surface area contributed by atoms with Crippen molar-refractivity contribution in [3.8, 4) is 5.75 Å². The van der Waals surface area contributed by atoms with E-state index in [2.05, 4.69) is 25.2 Å². The number of carbonyl (C=O) groups excluding carboxylic acids is 1. The molecule has 5 heterocycles. The van der Waals surface area contributed by atoms with Crippen LogP contribution in [0, 0.1) is 12.8 Å². The maximum Gasteiger partial charge on any atom is 0.417 e. The third kappa shape index (κ3) is 5.69. The van der Waals surface area contributed by atoms with Gasteiger partial charge in [0.15, 0.2) is 5.65 Å². The van der Waals surface area contributed by atoms with Crippen molar-refractivity contribution in [2.75, 3.05) is 47.9 Å². The molecule has 4 aromatic rings. The topological polar surface area (TPSA) is 108 Å². The lowest BCUT2D eigenvalue weighted by atomic mass is 9.98. The summed E-state index contributed by atoms with van der Waals surface area (Å²) in [6, 6.07) is 7.74. The Morgan fingerprint density at radius 3 is 2.62 bits per heavy atom. The Hall–Kier alpha value is -4.39. The molecule has 42 heavy (non-hydrogen) atoms. The van der Waals surface area contributed by atoms with E-state index in [0.29, 0.717) is 31.0 Å². The molecular weight excluding hydrogens is 551 g/mol. The Morgan fingerprint density at radius 1 is 1.10 bits per heavy atom. The van der Waals surface area contributed by atoms with Crippen LogP contribution < -0.4 is 19.9 Å². The van der Waals surface area contributed by atoms with Crippen LogP contribution in [0.2, 0.25) is 0 Å². The molecule has 2 aliphatic rings. The fourth-order valence-electron chi connectivity index (χ4n) is 5.21. The second-order valence-electron chi connectivity index (χ2n) is 10.7. The summed E-state index contributed by atoms with van der Waals surface area (Å²) in [5, 5.41) is 16.4. The zero-order valence-electron chi connectivity index (χ0n) is 22.9. The number of benzene rings is 1. The quantitative estimate of drug-likeness (QED) is 0.335. The highest BCUT2D eigenvalue weighted by molar-refractivity contribution is 6.04. The molecule has 0 aliphatic carbocycles. The molecule has 1 amide bonds. The van der Waals surface area contributed by atoms with Crippen molar-refractivity contribution in [3.05, 3.63) is 71.8 Å². The minimum Gasteiger partial charge on any atom is -0.486 e. The molecule has 2 aliphatic heterocycles. The number of amides is 1. The van der Waals surface area contributed by atoms with Crippen molar-refractivity contribution >= 4 is 28.7 Å². The fraction of sp³-hybridized carbons (Fsp3) is 0.379. The highest BCUT2D eigenvalue weighted by Gasteiger charge is 2.33. The van der Waals surface area contributed by atoms with Crippen LogP contribution in [0.1, 0.15) is 34.3 Å². The summed E-state index contributed by atoms with van der Waals surface area (Å²) >= 11 is 0. The summed E-state index contributed by atoms with van der Waals surface area (Å²) in [5.74, 6) is 1.20. The molecule has 0 unspecified atom stereocenters. The number of hydrogen-bond acceptors (Lipinski definition) is 8. The molecule has 2 fully saturated rings. The number of alkyl halides is 3. The van der Waals surface area contributed by atoms with Gasteiger partial charge in [0.05, 0.1) is 36.7 Å². The summed E-state index contributed by atoms with van der Waals surface area (Å²) in [5.41, 5.74) is 1.76. The van der Waals surface area contributed by atoms with Gasteiger partial charge in [-0.3, -0.25) is 9.78 Å². The van der Waals surface area contributed by atoms with Gasteiger partial charge in [0.1, 0.15) is 23.4 Å². The molecule has 13 heteroatoms. The lowest BCUT2D eigenvalue weighted by Gasteiger charge is -2.40. The number of halogens is 3. The van der Waals surface area contributed by atoms with Gasteiger partial charge in [-0.1, -0.05) is 6.07 Å². The second kappa shape index (κ2) is 11.1. The van der Waals surface area contributed by atoms with Gasteiger partial charge >= 0.3 is 6.18 Å². The Balaban J connectivity index is 1.10. The first-order valence-corrected chi connectivity index (χ1v) is 13.7. The third-order valence-electron chi connectivity index (χ3n) is 7.79. The third-order valence-corrected chi connectivity index (χ3v) is 7.79. The minimum absolute atomic E-state index is 0.0488. The lowest BCUT2D eigenvalue weighted by molar-refractivity contribution is -0.137. The first-order chi connectivity index (χ1) is 20.2. The maximum absolute atomic E-state index is 13.0. The number of carbonyl (C=O) groups is 1. The highest BCUT2D eigenvalue weighted by Crippen LogP contribution is 2.32. The molecule has 1 aromatic carbocycles. The standard InChI is InChI=1S/C29H30F3N7O3/c1-18-2-3-20(28(41)35-22-11-21(12-33-13-22)29(30,31)32)10-25(18)42-23-15-38(16-23)24-14-34-39-9-6-26(36-27(24)39)37-7-4-19(17-40)5-8-37/h2-3,6,9-14,19,23,40H,4-5,7-8,15-17H2,1H3,(H,35,41). The summed E-state index contributed by atoms with van der Waals surface area (Å²) in [7, 11) is 0.